The SMILES string of the molecule is CCC(C)COC(=O)C1C(=O)Nc2cc(Cl)ccc21. The third-order valence-electron chi connectivity index (χ3n) is 3.29. The first kappa shape index (κ1) is 13.9. The van der Waals surface area contributed by atoms with Crippen LogP contribution in [0.3, 0.4) is 0 Å². The number of ether oxygens (including phenoxy) is 1. The van der Waals surface area contributed by atoms with Crippen LogP contribution < -0.4 is 5.32 Å². The number of hydrogen-bond donors (Lipinski definition) is 1. The first-order valence-corrected chi connectivity index (χ1v) is 6.67. The molecule has 102 valence electrons. The van der Waals surface area contributed by atoms with E-state index in [1.807, 2.05) is 13.8 Å². The molecular formula is C14H16ClNO3. The van der Waals surface area contributed by atoms with Gasteiger partial charge in [-0.25, -0.2) is 0 Å². The second-order valence-electron chi connectivity index (χ2n) is 4.80. The van der Waals surface area contributed by atoms with Gasteiger partial charge in [-0.15, -0.1) is 0 Å². The summed E-state index contributed by atoms with van der Waals surface area (Å²) in [5, 5.41) is 3.17. The number of hydrogen-bond acceptors (Lipinski definition) is 3. The molecule has 1 aliphatic rings. The van der Waals surface area contributed by atoms with E-state index in [0.29, 0.717) is 22.9 Å². The quantitative estimate of drug-likeness (QED) is 0.682. The van der Waals surface area contributed by atoms with Gasteiger partial charge in [0.05, 0.1) is 6.61 Å². The van der Waals surface area contributed by atoms with Gasteiger partial charge in [-0.1, -0.05) is 37.9 Å². The van der Waals surface area contributed by atoms with Crippen LogP contribution in [0.25, 0.3) is 0 Å². The predicted octanol–water partition coefficient (Wildman–Crippen LogP) is 2.97. The van der Waals surface area contributed by atoms with Gasteiger partial charge in [-0.05, 0) is 23.6 Å². The van der Waals surface area contributed by atoms with Crippen LogP contribution in [0.4, 0.5) is 5.69 Å². The highest BCUT2D eigenvalue weighted by atomic mass is 35.5. The maximum Gasteiger partial charge on any atom is 0.323 e. The molecule has 1 amide bonds. The van der Waals surface area contributed by atoms with Crippen molar-refractivity contribution < 1.29 is 14.3 Å². The molecule has 1 aliphatic heterocycles. The van der Waals surface area contributed by atoms with Crippen molar-refractivity contribution >= 4 is 29.2 Å². The van der Waals surface area contributed by atoms with E-state index in [1.165, 1.54) is 0 Å². The fourth-order valence-corrected chi connectivity index (χ4v) is 2.07. The van der Waals surface area contributed by atoms with Gasteiger partial charge in [-0.2, -0.15) is 0 Å². The van der Waals surface area contributed by atoms with Crippen molar-refractivity contribution in [1.82, 2.24) is 0 Å². The van der Waals surface area contributed by atoms with Crippen molar-refractivity contribution in [2.45, 2.75) is 26.2 Å². The zero-order valence-electron chi connectivity index (χ0n) is 10.9. The number of fused-ring (bicyclic) bond motifs is 1. The Morgan fingerprint density at radius 3 is 2.95 bits per heavy atom. The van der Waals surface area contributed by atoms with Crippen molar-refractivity contribution in [2.75, 3.05) is 11.9 Å². The van der Waals surface area contributed by atoms with Crippen molar-refractivity contribution in [1.29, 1.82) is 0 Å². The van der Waals surface area contributed by atoms with Crippen LogP contribution in [0.2, 0.25) is 5.02 Å². The highest BCUT2D eigenvalue weighted by Gasteiger charge is 2.37. The van der Waals surface area contributed by atoms with Gasteiger partial charge < -0.3 is 10.1 Å². The number of carbonyl (C=O) groups is 2. The lowest BCUT2D eigenvalue weighted by molar-refractivity contribution is -0.148. The van der Waals surface area contributed by atoms with Crippen LogP contribution in [-0.2, 0) is 14.3 Å². The predicted molar refractivity (Wildman–Crippen MR) is 73.2 cm³/mol. The Morgan fingerprint density at radius 2 is 2.26 bits per heavy atom. The Kier molecular flexibility index (Phi) is 4.10. The molecule has 0 saturated carbocycles. The highest BCUT2D eigenvalue weighted by Crippen LogP contribution is 2.35. The Hall–Kier alpha value is -1.55. The van der Waals surface area contributed by atoms with Crippen LogP contribution in [0.5, 0.6) is 0 Å². The fraction of sp³-hybridized carbons (Fsp3) is 0.429. The molecule has 0 spiro atoms. The van der Waals surface area contributed by atoms with Crippen molar-refractivity contribution in [3.05, 3.63) is 28.8 Å². The summed E-state index contributed by atoms with van der Waals surface area (Å²) in [5.41, 5.74) is 1.21. The van der Waals surface area contributed by atoms with Gasteiger partial charge in [0.15, 0.2) is 5.92 Å². The molecule has 19 heavy (non-hydrogen) atoms. The number of halogens is 1. The Labute approximate surface area is 117 Å². The third kappa shape index (κ3) is 2.89. The van der Waals surface area contributed by atoms with E-state index in [-0.39, 0.29) is 11.8 Å². The molecule has 1 N–H and O–H groups in total. The molecule has 0 aliphatic carbocycles. The van der Waals surface area contributed by atoms with Crippen molar-refractivity contribution in [3.8, 4) is 0 Å². The molecule has 2 atom stereocenters. The van der Waals surface area contributed by atoms with Crippen LogP contribution in [0.1, 0.15) is 31.7 Å². The molecule has 0 saturated heterocycles. The molecule has 0 radical (unpaired) electrons. The van der Waals surface area contributed by atoms with Crippen molar-refractivity contribution in [3.63, 3.8) is 0 Å². The molecule has 4 nitrogen and oxygen atoms in total. The minimum atomic E-state index is -0.878. The van der Waals surface area contributed by atoms with Crippen LogP contribution >= 0.6 is 11.6 Å². The number of anilines is 1. The fourth-order valence-electron chi connectivity index (χ4n) is 1.89. The van der Waals surface area contributed by atoms with E-state index in [0.717, 1.165) is 6.42 Å². The summed E-state index contributed by atoms with van der Waals surface area (Å²) in [4.78, 5) is 23.9. The zero-order valence-corrected chi connectivity index (χ0v) is 11.7. The highest BCUT2D eigenvalue weighted by molar-refractivity contribution is 6.31. The summed E-state index contributed by atoms with van der Waals surface area (Å²) >= 11 is 5.85. The maximum absolute atomic E-state index is 12.0. The normalized spacial score (nSPS) is 18.7. The number of benzene rings is 1. The van der Waals surface area contributed by atoms with Gasteiger partial charge in [0, 0.05) is 10.7 Å². The van der Waals surface area contributed by atoms with Crippen LogP contribution in [-0.4, -0.2) is 18.5 Å². The minimum Gasteiger partial charge on any atom is -0.465 e. The van der Waals surface area contributed by atoms with E-state index >= 15 is 0 Å². The first-order chi connectivity index (χ1) is 9.02. The van der Waals surface area contributed by atoms with E-state index in [2.05, 4.69) is 5.32 Å². The summed E-state index contributed by atoms with van der Waals surface area (Å²) in [7, 11) is 0. The number of carbonyl (C=O) groups excluding carboxylic acids is 2. The molecule has 2 unspecified atom stereocenters. The molecule has 1 aromatic rings. The molecule has 5 heteroatoms. The van der Waals surface area contributed by atoms with Crippen LogP contribution in [0, 0.1) is 5.92 Å². The van der Waals surface area contributed by atoms with E-state index in [9.17, 15) is 9.59 Å². The second kappa shape index (κ2) is 5.61. The third-order valence-corrected chi connectivity index (χ3v) is 3.52. The summed E-state index contributed by atoms with van der Waals surface area (Å²) in [6.45, 7) is 4.36. The van der Waals surface area contributed by atoms with E-state index < -0.39 is 11.9 Å². The largest absolute Gasteiger partial charge is 0.465 e. The van der Waals surface area contributed by atoms with Gasteiger partial charge in [0.2, 0.25) is 5.91 Å². The summed E-state index contributed by atoms with van der Waals surface area (Å²) < 4.78 is 5.20. The van der Waals surface area contributed by atoms with Gasteiger partial charge >= 0.3 is 5.97 Å². The van der Waals surface area contributed by atoms with E-state index in [1.54, 1.807) is 18.2 Å². The number of nitrogens with one attached hydrogen (secondary N) is 1. The molecule has 0 bridgehead atoms. The lowest BCUT2D eigenvalue weighted by Crippen LogP contribution is -2.24. The lowest BCUT2D eigenvalue weighted by Gasteiger charge is -2.12. The molecule has 0 aromatic heterocycles. The Bertz CT molecular complexity index is 515. The molecule has 0 fully saturated rings. The minimum absolute atomic E-state index is 0.290. The topological polar surface area (TPSA) is 55.4 Å². The molecule has 1 heterocycles. The lowest BCUT2D eigenvalue weighted by atomic mass is 10.0. The second-order valence-corrected chi connectivity index (χ2v) is 5.23. The average molecular weight is 282 g/mol. The average Bonchev–Trinajstić information content (AvgIpc) is 2.70. The number of rotatable bonds is 4. The molecule has 1 aromatic carbocycles. The Balaban J connectivity index is 2.13. The number of esters is 1. The van der Waals surface area contributed by atoms with Gasteiger partial charge in [0.25, 0.3) is 0 Å². The van der Waals surface area contributed by atoms with E-state index in [4.69, 9.17) is 16.3 Å². The monoisotopic (exact) mass is 281 g/mol. The van der Waals surface area contributed by atoms with Crippen molar-refractivity contribution in [2.24, 2.45) is 5.92 Å². The molecule has 2 rings (SSSR count). The first-order valence-electron chi connectivity index (χ1n) is 6.30. The standard InChI is InChI=1S/C14H16ClNO3/c1-3-8(2)7-19-14(18)12-10-5-4-9(15)6-11(10)16-13(12)17/h4-6,8,12H,3,7H2,1-2H3,(H,16,17). The summed E-state index contributed by atoms with van der Waals surface area (Å²) in [6.07, 6.45) is 0.927. The van der Waals surface area contributed by atoms with Gasteiger partial charge in [-0.3, -0.25) is 9.59 Å². The van der Waals surface area contributed by atoms with Gasteiger partial charge in [0.1, 0.15) is 0 Å². The number of amides is 1. The van der Waals surface area contributed by atoms with Crippen LogP contribution in [0.15, 0.2) is 18.2 Å². The summed E-state index contributed by atoms with van der Waals surface area (Å²) in [6, 6.07) is 4.98. The zero-order chi connectivity index (χ0) is 14.0. The summed E-state index contributed by atoms with van der Waals surface area (Å²) in [5.74, 6) is -1.44. The molecular weight excluding hydrogens is 266 g/mol. The maximum atomic E-state index is 12.0. The Morgan fingerprint density at radius 1 is 1.53 bits per heavy atom. The smallest absolute Gasteiger partial charge is 0.323 e.